The maximum absolute atomic E-state index is 13.2. The highest BCUT2D eigenvalue weighted by Gasteiger charge is 2.74. The molecule has 0 radical (unpaired) electrons. The maximum atomic E-state index is 13.2. The summed E-state index contributed by atoms with van der Waals surface area (Å²) >= 11 is 0. The Morgan fingerprint density at radius 3 is 2.46 bits per heavy atom. The number of hydrogen-bond acceptors (Lipinski definition) is 7. The average molecular weight is 639 g/mol. The zero-order valence-electron chi connectivity index (χ0n) is 28.6. The summed E-state index contributed by atoms with van der Waals surface area (Å²) in [7, 11) is 0. The summed E-state index contributed by atoms with van der Waals surface area (Å²) in [6, 6.07) is 10.5. The largest absolute Gasteiger partial charge is 0.462 e. The van der Waals surface area contributed by atoms with Crippen LogP contribution in [0.4, 0.5) is 0 Å². The lowest BCUT2D eigenvalue weighted by molar-refractivity contribution is -0.326. The number of aliphatic hydroxyl groups excluding tert-OH is 2. The van der Waals surface area contributed by atoms with Crippen LogP contribution >= 0.6 is 0 Å². The van der Waals surface area contributed by atoms with Gasteiger partial charge in [0.2, 0.25) is 0 Å². The zero-order valence-corrected chi connectivity index (χ0v) is 28.6. The predicted octanol–water partition coefficient (Wildman–Crippen LogP) is 6.71. The van der Waals surface area contributed by atoms with Gasteiger partial charge in [-0.3, -0.25) is 4.79 Å². The van der Waals surface area contributed by atoms with Gasteiger partial charge in [-0.25, -0.2) is 4.79 Å². The molecule has 5 rings (SSSR count). The number of aryl methyl sites for hydroxylation is 1. The molecule has 0 saturated heterocycles. The summed E-state index contributed by atoms with van der Waals surface area (Å²) in [6.45, 7) is 8.14. The van der Waals surface area contributed by atoms with E-state index in [9.17, 15) is 24.9 Å². The van der Waals surface area contributed by atoms with Crippen LogP contribution in [-0.2, 0) is 25.5 Å². The lowest BCUT2D eigenvalue weighted by Gasteiger charge is -2.70. The minimum Gasteiger partial charge on any atom is -0.462 e. The van der Waals surface area contributed by atoms with Crippen LogP contribution in [0.5, 0.6) is 0 Å². The summed E-state index contributed by atoms with van der Waals surface area (Å²) in [5.74, 6) is -0.762. The van der Waals surface area contributed by atoms with E-state index >= 15 is 0 Å². The van der Waals surface area contributed by atoms with Gasteiger partial charge in [0.15, 0.2) is 0 Å². The van der Waals surface area contributed by atoms with E-state index in [1.807, 2.05) is 13.0 Å². The van der Waals surface area contributed by atoms with Crippen molar-refractivity contribution in [3.63, 3.8) is 0 Å². The highest BCUT2D eigenvalue weighted by Crippen LogP contribution is 2.69. The Labute approximate surface area is 276 Å². The van der Waals surface area contributed by atoms with E-state index in [-0.39, 0.29) is 29.9 Å². The number of carbonyl (C=O) groups excluding carboxylic acids is 2. The van der Waals surface area contributed by atoms with Crippen LogP contribution in [0.25, 0.3) is 0 Å². The molecule has 256 valence electrons. The van der Waals surface area contributed by atoms with Crippen LogP contribution in [0.2, 0.25) is 0 Å². The molecule has 0 aromatic heterocycles. The first kappa shape index (κ1) is 35.1. The van der Waals surface area contributed by atoms with Crippen LogP contribution in [0.1, 0.15) is 117 Å². The molecular formula is C39H58O7. The van der Waals surface area contributed by atoms with E-state index in [2.05, 4.69) is 38.1 Å². The quantitative estimate of drug-likeness (QED) is 0.206. The fraction of sp³-hybridized carbons (Fsp3) is 0.744. The third kappa shape index (κ3) is 6.71. The SMILES string of the molecule is CC(=O)O[C@@H]1C[C@H](C)[C@](O)(CCC2=CC(=O)OC2)[C@@]2([C@@H](O)CC[C@H](C)CCCc3ccccc3)[C@@H](O)CC[C@@](C)(C3CCCC3)[C@@H]12. The molecule has 46 heavy (non-hydrogen) atoms. The van der Waals surface area contributed by atoms with Crippen LogP contribution in [0.3, 0.4) is 0 Å². The molecule has 0 amide bonds. The Balaban J connectivity index is 1.49. The first-order valence-corrected chi connectivity index (χ1v) is 18.1. The summed E-state index contributed by atoms with van der Waals surface area (Å²) < 4.78 is 11.4. The fourth-order valence-corrected chi connectivity index (χ4v) is 10.6. The number of benzene rings is 1. The Morgan fingerprint density at radius 2 is 1.80 bits per heavy atom. The van der Waals surface area contributed by atoms with Crippen molar-refractivity contribution < 1.29 is 34.4 Å². The molecule has 3 fully saturated rings. The number of hydrogen-bond donors (Lipinski definition) is 3. The second kappa shape index (κ2) is 14.5. The molecular weight excluding hydrogens is 580 g/mol. The van der Waals surface area contributed by atoms with Gasteiger partial charge in [0.1, 0.15) is 12.7 Å². The summed E-state index contributed by atoms with van der Waals surface area (Å²) in [4.78, 5) is 24.5. The van der Waals surface area contributed by atoms with Gasteiger partial charge in [-0.1, -0.05) is 70.4 Å². The van der Waals surface area contributed by atoms with E-state index < -0.39 is 35.2 Å². The van der Waals surface area contributed by atoms with Gasteiger partial charge >= 0.3 is 11.9 Å². The molecule has 1 aromatic rings. The number of carbonyl (C=O) groups is 2. The monoisotopic (exact) mass is 638 g/mol. The number of aliphatic hydroxyl groups is 3. The van der Waals surface area contributed by atoms with Crippen LogP contribution < -0.4 is 0 Å². The zero-order chi connectivity index (χ0) is 33.1. The van der Waals surface area contributed by atoms with E-state index in [4.69, 9.17) is 9.47 Å². The molecule has 4 aliphatic rings. The van der Waals surface area contributed by atoms with Crippen molar-refractivity contribution >= 4 is 11.9 Å². The lowest BCUT2D eigenvalue weighted by atomic mass is 9.38. The van der Waals surface area contributed by atoms with Crippen molar-refractivity contribution in [2.24, 2.45) is 34.5 Å². The molecule has 7 nitrogen and oxygen atoms in total. The smallest absolute Gasteiger partial charge is 0.331 e. The van der Waals surface area contributed by atoms with Crippen molar-refractivity contribution in [1.29, 1.82) is 0 Å². The van der Waals surface area contributed by atoms with Crippen LogP contribution in [0.15, 0.2) is 42.0 Å². The molecule has 1 aliphatic heterocycles. The number of fused-ring (bicyclic) bond motifs is 1. The molecule has 0 unspecified atom stereocenters. The Hall–Kier alpha value is -2.22. The molecule has 0 spiro atoms. The first-order valence-electron chi connectivity index (χ1n) is 18.1. The fourth-order valence-electron chi connectivity index (χ4n) is 10.6. The summed E-state index contributed by atoms with van der Waals surface area (Å²) in [6.07, 6.45) is 10.2. The molecule has 0 bridgehead atoms. The van der Waals surface area contributed by atoms with Gasteiger partial charge in [-0.15, -0.1) is 0 Å². The minimum atomic E-state index is -1.45. The third-order valence-corrected chi connectivity index (χ3v) is 12.9. The third-order valence-electron chi connectivity index (χ3n) is 12.9. The van der Waals surface area contributed by atoms with Gasteiger partial charge in [-0.2, -0.15) is 0 Å². The first-order chi connectivity index (χ1) is 21.9. The molecule has 3 saturated carbocycles. The normalized spacial score (nSPS) is 36.1. The van der Waals surface area contributed by atoms with Crippen molar-refractivity contribution in [2.75, 3.05) is 6.61 Å². The second-order valence-corrected chi connectivity index (χ2v) is 15.6. The van der Waals surface area contributed by atoms with Crippen LogP contribution in [0, 0.1) is 34.5 Å². The number of cyclic esters (lactones) is 1. The predicted molar refractivity (Wildman–Crippen MR) is 178 cm³/mol. The van der Waals surface area contributed by atoms with Crippen molar-refractivity contribution in [1.82, 2.24) is 0 Å². The molecule has 3 N–H and O–H groups in total. The number of rotatable bonds is 13. The Kier molecular flexibility index (Phi) is 11.1. The van der Waals surface area contributed by atoms with E-state index in [1.165, 1.54) is 18.6 Å². The van der Waals surface area contributed by atoms with Crippen LogP contribution in [-0.4, -0.2) is 57.8 Å². The van der Waals surface area contributed by atoms with Crippen molar-refractivity contribution in [2.45, 2.75) is 141 Å². The maximum Gasteiger partial charge on any atom is 0.331 e. The Bertz CT molecular complexity index is 1220. The topological polar surface area (TPSA) is 113 Å². The summed E-state index contributed by atoms with van der Waals surface area (Å²) in [5.41, 5.74) is -0.914. The van der Waals surface area contributed by atoms with Gasteiger partial charge in [-0.05, 0) is 105 Å². The van der Waals surface area contributed by atoms with E-state index in [0.29, 0.717) is 43.9 Å². The van der Waals surface area contributed by atoms with Crippen molar-refractivity contribution in [3.05, 3.63) is 47.5 Å². The summed E-state index contributed by atoms with van der Waals surface area (Å²) in [5, 5.41) is 38.2. The van der Waals surface area contributed by atoms with E-state index in [1.54, 1.807) is 0 Å². The molecule has 7 heteroatoms. The highest BCUT2D eigenvalue weighted by atomic mass is 16.5. The van der Waals surface area contributed by atoms with Gasteiger partial charge in [0.05, 0.1) is 23.2 Å². The average Bonchev–Trinajstić information content (AvgIpc) is 3.72. The van der Waals surface area contributed by atoms with Crippen molar-refractivity contribution in [3.8, 4) is 0 Å². The second-order valence-electron chi connectivity index (χ2n) is 15.6. The number of ether oxygens (including phenoxy) is 2. The molecule has 3 aliphatic carbocycles. The van der Waals surface area contributed by atoms with E-state index in [0.717, 1.165) is 63.4 Å². The number of esters is 2. The minimum absolute atomic E-state index is 0.210. The molecule has 1 aromatic carbocycles. The van der Waals surface area contributed by atoms with Gasteiger partial charge in [0.25, 0.3) is 0 Å². The standard InChI is InChI=1S/C39H58O7/c1-26(11-10-14-29-12-6-5-7-13-29)17-18-33(41)39-34(42)20-21-37(4,31-15-8-9-16-31)36(39)32(46-28(3)40)23-27(2)38(39,44)22-19-30-24-35(43)45-25-30/h5-7,12-13,24,26-27,31-34,36,41-42,44H,8-11,14-23,25H2,1-4H3/t26-,27+,32-,33+,34+,36-,37+,38-,39+/m1/s1. The molecule has 9 atom stereocenters. The van der Waals surface area contributed by atoms with Gasteiger partial charge < -0.3 is 24.8 Å². The van der Waals surface area contributed by atoms with Gasteiger partial charge in [0, 0.05) is 18.9 Å². The Morgan fingerprint density at radius 1 is 1.09 bits per heavy atom. The lowest BCUT2D eigenvalue weighted by Crippen LogP contribution is -2.76. The molecule has 1 heterocycles. The highest BCUT2D eigenvalue weighted by molar-refractivity contribution is 5.85.